The van der Waals surface area contributed by atoms with Gasteiger partial charge >= 0.3 is 0 Å². The van der Waals surface area contributed by atoms with Gasteiger partial charge in [-0.15, -0.1) is 0 Å². The summed E-state index contributed by atoms with van der Waals surface area (Å²) in [7, 11) is 2.00. The molecule has 0 aliphatic rings. The van der Waals surface area contributed by atoms with Gasteiger partial charge < -0.3 is 5.32 Å². The third kappa shape index (κ3) is 3.50. The van der Waals surface area contributed by atoms with Crippen LogP contribution < -0.4 is 5.32 Å². The fourth-order valence-corrected chi connectivity index (χ4v) is 1.69. The van der Waals surface area contributed by atoms with Crippen LogP contribution in [0, 0.1) is 0 Å². The van der Waals surface area contributed by atoms with Crippen LogP contribution in [0.5, 0.6) is 0 Å². The smallest absolute Gasteiger partial charge is 0.0492 e. The summed E-state index contributed by atoms with van der Waals surface area (Å²) in [6.07, 6.45) is 5.46. The Labute approximate surface area is 86.5 Å². The molecule has 0 aliphatic heterocycles. The number of aryl methyl sites for hydroxylation is 2. The van der Waals surface area contributed by atoms with Gasteiger partial charge in [-0.2, -0.15) is 5.10 Å². The van der Waals surface area contributed by atoms with Crippen LogP contribution in [0.1, 0.15) is 32.4 Å². The van der Waals surface area contributed by atoms with Gasteiger partial charge in [0, 0.05) is 25.0 Å². The first-order chi connectivity index (χ1) is 6.74. The molecule has 3 nitrogen and oxygen atoms in total. The number of hydrogen-bond donors (Lipinski definition) is 1. The highest BCUT2D eigenvalue weighted by Crippen LogP contribution is 2.05. The predicted octanol–water partition coefficient (Wildman–Crippen LogP) is 1.74. The Morgan fingerprint density at radius 2 is 2.36 bits per heavy atom. The van der Waals surface area contributed by atoms with E-state index in [0.29, 0.717) is 6.04 Å². The molecule has 0 radical (unpaired) electrons. The molecule has 1 aromatic rings. The van der Waals surface area contributed by atoms with Crippen molar-refractivity contribution in [1.82, 2.24) is 15.1 Å². The topological polar surface area (TPSA) is 29.9 Å². The van der Waals surface area contributed by atoms with E-state index in [1.807, 2.05) is 17.9 Å². The molecule has 1 aromatic heterocycles. The lowest BCUT2D eigenvalue weighted by atomic mass is 10.1. The number of nitrogens with zero attached hydrogens (tertiary/aromatic N) is 2. The summed E-state index contributed by atoms with van der Waals surface area (Å²) in [5.41, 5.74) is 1.33. The lowest BCUT2D eigenvalue weighted by Gasteiger charge is -2.11. The average molecular weight is 195 g/mol. The van der Waals surface area contributed by atoms with Gasteiger partial charge in [0.15, 0.2) is 0 Å². The van der Waals surface area contributed by atoms with Crippen LogP contribution in [-0.2, 0) is 13.5 Å². The van der Waals surface area contributed by atoms with E-state index in [4.69, 9.17) is 0 Å². The Hall–Kier alpha value is -0.830. The molecule has 1 unspecified atom stereocenters. The van der Waals surface area contributed by atoms with Crippen molar-refractivity contribution in [2.75, 3.05) is 6.54 Å². The zero-order chi connectivity index (χ0) is 10.4. The number of nitrogens with one attached hydrogen (secondary N) is 1. The fourth-order valence-electron chi connectivity index (χ4n) is 1.69. The molecule has 80 valence electrons. The zero-order valence-electron chi connectivity index (χ0n) is 9.45. The zero-order valence-corrected chi connectivity index (χ0v) is 9.45. The number of rotatable bonds is 6. The maximum atomic E-state index is 4.15. The lowest BCUT2D eigenvalue weighted by molar-refractivity contribution is 0.507. The number of hydrogen-bond acceptors (Lipinski definition) is 2. The molecule has 0 bridgehead atoms. The summed E-state index contributed by atoms with van der Waals surface area (Å²) >= 11 is 0. The Kier molecular flexibility index (Phi) is 4.66. The second kappa shape index (κ2) is 5.81. The van der Waals surface area contributed by atoms with Crippen molar-refractivity contribution in [2.24, 2.45) is 7.05 Å². The van der Waals surface area contributed by atoms with E-state index in [1.165, 1.54) is 18.5 Å². The second-order valence-corrected chi connectivity index (χ2v) is 3.80. The van der Waals surface area contributed by atoms with Crippen LogP contribution in [0.25, 0.3) is 0 Å². The molecular formula is C11H21N3. The molecular weight excluding hydrogens is 174 g/mol. The summed E-state index contributed by atoms with van der Waals surface area (Å²) in [5, 5.41) is 7.57. The van der Waals surface area contributed by atoms with Crippen molar-refractivity contribution in [3.63, 3.8) is 0 Å². The van der Waals surface area contributed by atoms with Crippen LogP contribution in [0.4, 0.5) is 0 Å². The Morgan fingerprint density at radius 1 is 1.57 bits per heavy atom. The van der Waals surface area contributed by atoms with Gasteiger partial charge in [0.2, 0.25) is 0 Å². The van der Waals surface area contributed by atoms with E-state index >= 15 is 0 Å². The molecule has 0 aromatic carbocycles. The molecule has 3 heteroatoms. The third-order valence-corrected chi connectivity index (χ3v) is 2.55. The van der Waals surface area contributed by atoms with E-state index in [0.717, 1.165) is 13.0 Å². The first-order valence-electron chi connectivity index (χ1n) is 5.44. The van der Waals surface area contributed by atoms with Crippen LogP contribution in [-0.4, -0.2) is 22.4 Å². The Balaban J connectivity index is 2.19. The van der Waals surface area contributed by atoms with Crippen molar-refractivity contribution in [3.8, 4) is 0 Å². The summed E-state index contributed by atoms with van der Waals surface area (Å²) in [6, 6.07) is 2.73. The normalized spacial score (nSPS) is 13.1. The maximum Gasteiger partial charge on any atom is 0.0492 e. The van der Waals surface area contributed by atoms with Crippen LogP contribution >= 0.6 is 0 Å². The molecule has 1 rings (SSSR count). The third-order valence-electron chi connectivity index (χ3n) is 2.55. The van der Waals surface area contributed by atoms with Gasteiger partial charge in [-0.3, -0.25) is 4.68 Å². The van der Waals surface area contributed by atoms with Gasteiger partial charge in [-0.1, -0.05) is 6.92 Å². The number of aromatic nitrogens is 2. The lowest BCUT2D eigenvalue weighted by Crippen LogP contribution is -2.25. The molecule has 0 saturated heterocycles. The fraction of sp³-hybridized carbons (Fsp3) is 0.727. The molecule has 0 fully saturated rings. The molecule has 0 amide bonds. The van der Waals surface area contributed by atoms with E-state index in [2.05, 4.69) is 30.3 Å². The molecule has 1 heterocycles. The molecule has 14 heavy (non-hydrogen) atoms. The highest BCUT2D eigenvalue weighted by atomic mass is 15.2. The van der Waals surface area contributed by atoms with Crippen molar-refractivity contribution < 1.29 is 0 Å². The Morgan fingerprint density at radius 3 is 2.93 bits per heavy atom. The molecule has 0 saturated carbocycles. The summed E-state index contributed by atoms with van der Waals surface area (Å²) in [6.45, 7) is 5.46. The average Bonchev–Trinajstić information content (AvgIpc) is 2.52. The second-order valence-electron chi connectivity index (χ2n) is 3.80. The van der Waals surface area contributed by atoms with E-state index in [-0.39, 0.29) is 0 Å². The predicted molar refractivity (Wildman–Crippen MR) is 59.3 cm³/mol. The van der Waals surface area contributed by atoms with Crippen molar-refractivity contribution in [2.45, 2.75) is 39.2 Å². The SMILES string of the molecule is CCNC(C)CCCc1ccnn1C. The van der Waals surface area contributed by atoms with Gasteiger partial charge in [0.1, 0.15) is 0 Å². The minimum absolute atomic E-state index is 0.633. The van der Waals surface area contributed by atoms with Crippen LogP contribution in [0.2, 0.25) is 0 Å². The van der Waals surface area contributed by atoms with E-state index < -0.39 is 0 Å². The Bertz CT molecular complexity index is 255. The highest BCUT2D eigenvalue weighted by molar-refractivity contribution is 4.99. The van der Waals surface area contributed by atoms with Crippen molar-refractivity contribution >= 4 is 0 Å². The van der Waals surface area contributed by atoms with E-state index in [9.17, 15) is 0 Å². The molecule has 1 N–H and O–H groups in total. The van der Waals surface area contributed by atoms with Crippen LogP contribution in [0.3, 0.4) is 0 Å². The first kappa shape index (κ1) is 11.2. The maximum absolute atomic E-state index is 4.15. The van der Waals surface area contributed by atoms with Gasteiger partial charge in [-0.25, -0.2) is 0 Å². The largest absolute Gasteiger partial charge is 0.315 e. The monoisotopic (exact) mass is 195 g/mol. The van der Waals surface area contributed by atoms with Gasteiger partial charge in [0.05, 0.1) is 0 Å². The van der Waals surface area contributed by atoms with Crippen molar-refractivity contribution in [1.29, 1.82) is 0 Å². The highest BCUT2D eigenvalue weighted by Gasteiger charge is 2.01. The van der Waals surface area contributed by atoms with Crippen molar-refractivity contribution in [3.05, 3.63) is 18.0 Å². The standard InChI is InChI=1S/C11H21N3/c1-4-12-10(2)6-5-7-11-8-9-13-14(11)3/h8-10,12H,4-7H2,1-3H3. The minimum Gasteiger partial charge on any atom is -0.315 e. The van der Waals surface area contributed by atoms with Gasteiger partial charge in [-0.05, 0) is 38.8 Å². The molecule has 1 atom stereocenters. The summed E-state index contributed by atoms with van der Waals surface area (Å²) in [4.78, 5) is 0. The molecule has 0 spiro atoms. The summed E-state index contributed by atoms with van der Waals surface area (Å²) in [5.74, 6) is 0. The first-order valence-corrected chi connectivity index (χ1v) is 5.44. The molecule has 0 aliphatic carbocycles. The van der Waals surface area contributed by atoms with E-state index in [1.54, 1.807) is 0 Å². The summed E-state index contributed by atoms with van der Waals surface area (Å²) < 4.78 is 1.96. The van der Waals surface area contributed by atoms with Crippen LogP contribution in [0.15, 0.2) is 12.3 Å². The van der Waals surface area contributed by atoms with Gasteiger partial charge in [0.25, 0.3) is 0 Å². The minimum atomic E-state index is 0.633. The quantitative estimate of drug-likeness (QED) is 0.749.